The molecule has 2 N–H and O–H groups in total. The van der Waals surface area contributed by atoms with E-state index in [1.54, 1.807) is 0 Å². The van der Waals surface area contributed by atoms with Gasteiger partial charge in [0.1, 0.15) is 4.90 Å². The molecule has 1 aromatic rings. The summed E-state index contributed by atoms with van der Waals surface area (Å²) in [5.41, 5.74) is 5.92. The van der Waals surface area contributed by atoms with E-state index >= 15 is 0 Å². The summed E-state index contributed by atoms with van der Waals surface area (Å²) in [7, 11) is -3.63. The zero-order valence-corrected chi connectivity index (χ0v) is 12.0. The van der Waals surface area contributed by atoms with Crippen LogP contribution in [0.3, 0.4) is 0 Å². The highest BCUT2D eigenvalue weighted by Gasteiger charge is 2.30. The third kappa shape index (κ3) is 2.59. The number of rotatable bonds is 2. The van der Waals surface area contributed by atoms with Crippen LogP contribution in [-0.2, 0) is 10.0 Å². The van der Waals surface area contributed by atoms with Crippen molar-refractivity contribution < 1.29 is 8.42 Å². The molecule has 1 aliphatic heterocycles. The minimum Gasteiger partial charge on any atom is -0.399 e. The van der Waals surface area contributed by atoms with Gasteiger partial charge < -0.3 is 5.73 Å². The van der Waals surface area contributed by atoms with Gasteiger partial charge in [0.15, 0.2) is 0 Å². The Morgan fingerprint density at radius 3 is 2.06 bits per heavy atom. The second-order valence-electron chi connectivity index (χ2n) is 4.28. The predicted octanol–water partition coefficient (Wildman–Crippen LogP) is 2.75. The molecule has 0 unspecified atom stereocenters. The Morgan fingerprint density at radius 2 is 1.56 bits per heavy atom. The molecule has 0 atom stereocenters. The Morgan fingerprint density at radius 1 is 1.06 bits per heavy atom. The fraction of sp³-hybridized carbons (Fsp3) is 0.455. The van der Waals surface area contributed by atoms with Crippen LogP contribution < -0.4 is 5.73 Å². The van der Waals surface area contributed by atoms with E-state index in [9.17, 15) is 8.42 Å². The van der Waals surface area contributed by atoms with E-state index in [4.69, 9.17) is 28.9 Å². The number of sulfonamides is 1. The molecular formula is C11H14Cl2N2O2S. The van der Waals surface area contributed by atoms with Gasteiger partial charge in [-0.1, -0.05) is 29.6 Å². The summed E-state index contributed by atoms with van der Waals surface area (Å²) in [6.45, 7) is 1.03. The van der Waals surface area contributed by atoms with Crippen LogP contribution in [0.25, 0.3) is 0 Å². The van der Waals surface area contributed by atoms with E-state index in [2.05, 4.69) is 0 Å². The zero-order valence-electron chi connectivity index (χ0n) is 9.70. The fourth-order valence-electron chi connectivity index (χ4n) is 2.06. The Balaban J connectivity index is 2.47. The summed E-state index contributed by atoms with van der Waals surface area (Å²) in [5.74, 6) is 0. The number of hydrogen-bond donors (Lipinski definition) is 1. The first-order chi connectivity index (χ1) is 8.43. The second-order valence-corrected chi connectivity index (χ2v) is 6.97. The number of piperidine rings is 1. The zero-order chi connectivity index (χ0) is 13.3. The Labute approximate surface area is 117 Å². The van der Waals surface area contributed by atoms with Crippen molar-refractivity contribution >= 4 is 38.9 Å². The predicted molar refractivity (Wildman–Crippen MR) is 73.5 cm³/mol. The van der Waals surface area contributed by atoms with E-state index in [0.717, 1.165) is 19.3 Å². The van der Waals surface area contributed by atoms with Crippen LogP contribution in [0.4, 0.5) is 5.69 Å². The van der Waals surface area contributed by atoms with Crippen molar-refractivity contribution in [2.24, 2.45) is 0 Å². The highest BCUT2D eigenvalue weighted by molar-refractivity contribution is 7.89. The van der Waals surface area contributed by atoms with Crippen LogP contribution in [-0.4, -0.2) is 25.8 Å². The molecular weight excluding hydrogens is 295 g/mol. The van der Waals surface area contributed by atoms with Gasteiger partial charge in [-0.2, -0.15) is 4.31 Å². The van der Waals surface area contributed by atoms with Crippen molar-refractivity contribution in [3.05, 3.63) is 22.2 Å². The molecule has 1 aliphatic rings. The molecule has 0 saturated carbocycles. The molecule has 7 heteroatoms. The SMILES string of the molecule is Nc1cc(Cl)c(S(=O)(=O)N2CCCCC2)c(Cl)c1. The molecule has 0 radical (unpaired) electrons. The summed E-state index contributed by atoms with van der Waals surface area (Å²) >= 11 is 11.9. The lowest BCUT2D eigenvalue weighted by Gasteiger charge is -2.26. The Kier molecular flexibility index (Phi) is 4.06. The first-order valence-electron chi connectivity index (χ1n) is 5.67. The normalized spacial score (nSPS) is 17.9. The molecule has 0 bridgehead atoms. The Bertz CT molecular complexity index is 531. The first kappa shape index (κ1) is 13.9. The van der Waals surface area contributed by atoms with Crippen LogP contribution in [0, 0.1) is 0 Å². The molecule has 0 amide bonds. The topological polar surface area (TPSA) is 63.4 Å². The van der Waals surface area contributed by atoms with Gasteiger partial charge in [-0.3, -0.25) is 0 Å². The van der Waals surface area contributed by atoms with E-state index in [1.165, 1.54) is 16.4 Å². The molecule has 1 heterocycles. The number of nitrogens with two attached hydrogens (primary N) is 1. The highest BCUT2D eigenvalue weighted by atomic mass is 35.5. The van der Waals surface area contributed by atoms with E-state index in [-0.39, 0.29) is 14.9 Å². The van der Waals surface area contributed by atoms with Crippen molar-refractivity contribution in [3.8, 4) is 0 Å². The van der Waals surface area contributed by atoms with Crippen molar-refractivity contribution in [1.29, 1.82) is 0 Å². The van der Waals surface area contributed by atoms with E-state index in [1.807, 2.05) is 0 Å². The standard InChI is InChI=1S/C11H14Cl2N2O2S/c12-9-6-8(14)7-10(13)11(9)18(16,17)15-4-2-1-3-5-15/h6-7H,1-5,14H2. The number of nitrogens with zero attached hydrogens (tertiary/aromatic N) is 1. The third-order valence-electron chi connectivity index (χ3n) is 2.93. The van der Waals surface area contributed by atoms with Crippen LogP contribution in [0.15, 0.2) is 17.0 Å². The molecule has 2 rings (SSSR count). The van der Waals surface area contributed by atoms with Gasteiger partial charge in [-0.05, 0) is 25.0 Å². The molecule has 0 aliphatic carbocycles. The molecule has 0 aromatic heterocycles. The van der Waals surface area contributed by atoms with Crippen molar-refractivity contribution in [1.82, 2.24) is 4.31 Å². The molecule has 1 fully saturated rings. The van der Waals surface area contributed by atoms with E-state index in [0.29, 0.717) is 18.8 Å². The maximum Gasteiger partial charge on any atom is 0.246 e. The van der Waals surface area contributed by atoms with Crippen LogP contribution in [0.5, 0.6) is 0 Å². The minimum atomic E-state index is -3.63. The van der Waals surface area contributed by atoms with Gasteiger partial charge in [0.2, 0.25) is 10.0 Å². The van der Waals surface area contributed by atoms with Gasteiger partial charge >= 0.3 is 0 Å². The maximum absolute atomic E-state index is 12.5. The average Bonchev–Trinajstić information content (AvgIpc) is 2.28. The van der Waals surface area contributed by atoms with Gasteiger partial charge in [-0.25, -0.2) is 8.42 Å². The number of anilines is 1. The van der Waals surface area contributed by atoms with Crippen molar-refractivity contribution in [2.45, 2.75) is 24.2 Å². The highest BCUT2D eigenvalue weighted by Crippen LogP contribution is 2.34. The Hall–Kier alpha value is -0.490. The van der Waals surface area contributed by atoms with Crippen molar-refractivity contribution in [3.63, 3.8) is 0 Å². The number of halogens is 2. The third-order valence-corrected chi connectivity index (χ3v) is 5.75. The molecule has 1 saturated heterocycles. The quantitative estimate of drug-likeness (QED) is 0.854. The number of nitrogen functional groups attached to an aromatic ring is 1. The van der Waals surface area contributed by atoms with Gasteiger partial charge in [0.05, 0.1) is 10.0 Å². The van der Waals surface area contributed by atoms with Crippen LogP contribution in [0.2, 0.25) is 10.0 Å². The lowest BCUT2D eigenvalue weighted by molar-refractivity contribution is 0.346. The molecule has 0 spiro atoms. The molecule has 4 nitrogen and oxygen atoms in total. The minimum absolute atomic E-state index is 0.0399. The average molecular weight is 309 g/mol. The first-order valence-corrected chi connectivity index (χ1v) is 7.87. The summed E-state index contributed by atoms with van der Waals surface area (Å²) in [6, 6.07) is 2.81. The molecule has 100 valence electrons. The second kappa shape index (κ2) is 5.25. The van der Waals surface area contributed by atoms with Crippen LogP contribution in [0.1, 0.15) is 19.3 Å². The molecule has 1 aromatic carbocycles. The van der Waals surface area contributed by atoms with Gasteiger partial charge in [0, 0.05) is 18.8 Å². The van der Waals surface area contributed by atoms with Crippen molar-refractivity contribution in [2.75, 3.05) is 18.8 Å². The number of benzene rings is 1. The summed E-state index contributed by atoms with van der Waals surface area (Å²) in [5, 5.41) is 0.149. The largest absolute Gasteiger partial charge is 0.399 e. The summed E-state index contributed by atoms with van der Waals surface area (Å²) in [6.07, 6.45) is 2.78. The fourth-order valence-corrected chi connectivity index (χ4v) is 4.76. The monoisotopic (exact) mass is 308 g/mol. The lowest BCUT2D eigenvalue weighted by Crippen LogP contribution is -2.35. The molecule has 18 heavy (non-hydrogen) atoms. The lowest BCUT2D eigenvalue weighted by atomic mass is 10.2. The van der Waals surface area contributed by atoms with Gasteiger partial charge in [0.25, 0.3) is 0 Å². The summed E-state index contributed by atoms with van der Waals surface area (Å²) in [4.78, 5) is -0.0399. The maximum atomic E-state index is 12.5. The van der Waals surface area contributed by atoms with Crippen LogP contribution >= 0.6 is 23.2 Å². The number of hydrogen-bond acceptors (Lipinski definition) is 3. The smallest absolute Gasteiger partial charge is 0.246 e. The van der Waals surface area contributed by atoms with E-state index < -0.39 is 10.0 Å². The summed E-state index contributed by atoms with van der Waals surface area (Å²) < 4.78 is 26.3. The van der Waals surface area contributed by atoms with Gasteiger partial charge in [-0.15, -0.1) is 0 Å².